The minimum atomic E-state index is 0.497. The van der Waals surface area contributed by atoms with E-state index < -0.39 is 0 Å². The molecule has 0 aromatic carbocycles. The van der Waals surface area contributed by atoms with E-state index in [2.05, 4.69) is 29.1 Å². The Labute approximate surface area is 129 Å². The van der Waals surface area contributed by atoms with E-state index >= 15 is 0 Å². The highest BCUT2D eigenvalue weighted by molar-refractivity contribution is 5.48. The standard InChI is InChI=1S/C10H15N3.C7H15N/c1-3-5-8-9(6-4-2)13-10(11)7-12-8;1-2-7-3-5-8-6-4-7/h3,5,7H,4,6H2,1-2H3,(H2,11,13);7-8H,2-6H2,1H3/b5-3-;. The molecule has 1 aliphatic rings. The van der Waals surface area contributed by atoms with Crippen LogP contribution in [0.15, 0.2) is 12.3 Å². The Morgan fingerprint density at radius 1 is 1.33 bits per heavy atom. The number of piperidine rings is 1. The van der Waals surface area contributed by atoms with Crippen LogP contribution in [-0.2, 0) is 6.42 Å². The molecule has 3 N–H and O–H groups in total. The van der Waals surface area contributed by atoms with Crippen LogP contribution in [-0.4, -0.2) is 23.1 Å². The second kappa shape index (κ2) is 10.3. The first-order chi connectivity index (χ1) is 10.2. The van der Waals surface area contributed by atoms with E-state index in [-0.39, 0.29) is 0 Å². The number of hydrogen-bond acceptors (Lipinski definition) is 4. The third-order valence-electron chi connectivity index (χ3n) is 3.74. The molecule has 1 aromatic heterocycles. The molecule has 0 bridgehead atoms. The van der Waals surface area contributed by atoms with Gasteiger partial charge in [-0.3, -0.25) is 4.98 Å². The summed E-state index contributed by atoms with van der Waals surface area (Å²) in [7, 11) is 0. The van der Waals surface area contributed by atoms with Gasteiger partial charge in [0.15, 0.2) is 0 Å². The van der Waals surface area contributed by atoms with Crippen molar-refractivity contribution in [2.75, 3.05) is 18.8 Å². The predicted octanol–water partition coefficient (Wildman–Crippen LogP) is 3.44. The first-order valence-corrected chi connectivity index (χ1v) is 8.16. The lowest BCUT2D eigenvalue weighted by molar-refractivity contribution is 0.365. The number of hydrogen-bond donors (Lipinski definition) is 2. The van der Waals surface area contributed by atoms with Crippen molar-refractivity contribution < 1.29 is 0 Å². The Balaban J connectivity index is 0.000000235. The van der Waals surface area contributed by atoms with Gasteiger partial charge in [0.25, 0.3) is 0 Å². The number of allylic oxidation sites excluding steroid dienone is 1. The molecule has 0 spiro atoms. The molecule has 1 aromatic rings. The maximum Gasteiger partial charge on any atom is 0.142 e. The van der Waals surface area contributed by atoms with E-state index in [1.54, 1.807) is 6.20 Å². The molecular weight excluding hydrogens is 260 g/mol. The molecule has 21 heavy (non-hydrogen) atoms. The lowest BCUT2D eigenvalue weighted by Gasteiger charge is -2.20. The van der Waals surface area contributed by atoms with Crippen molar-refractivity contribution in [1.29, 1.82) is 0 Å². The molecule has 0 amide bonds. The summed E-state index contributed by atoms with van der Waals surface area (Å²) in [5, 5.41) is 3.35. The molecule has 2 rings (SSSR count). The van der Waals surface area contributed by atoms with Crippen molar-refractivity contribution in [3.63, 3.8) is 0 Å². The zero-order valence-electron chi connectivity index (χ0n) is 13.7. The van der Waals surface area contributed by atoms with Gasteiger partial charge in [0.1, 0.15) is 5.82 Å². The van der Waals surface area contributed by atoms with Gasteiger partial charge in [0, 0.05) is 0 Å². The highest BCUT2D eigenvalue weighted by atomic mass is 14.9. The molecule has 4 nitrogen and oxygen atoms in total. The number of rotatable bonds is 4. The molecule has 1 aliphatic heterocycles. The van der Waals surface area contributed by atoms with Gasteiger partial charge in [-0.1, -0.05) is 32.8 Å². The van der Waals surface area contributed by atoms with Crippen LogP contribution in [0.5, 0.6) is 0 Å². The molecule has 4 heteroatoms. The zero-order valence-corrected chi connectivity index (χ0v) is 13.7. The molecule has 2 heterocycles. The normalized spacial score (nSPS) is 15.8. The Morgan fingerprint density at radius 2 is 2.05 bits per heavy atom. The van der Waals surface area contributed by atoms with Crippen LogP contribution in [0.3, 0.4) is 0 Å². The predicted molar refractivity (Wildman–Crippen MR) is 91.0 cm³/mol. The number of nitrogens with zero attached hydrogens (tertiary/aromatic N) is 2. The highest BCUT2D eigenvalue weighted by Gasteiger charge is 2.08. The molecule has 0 unspecified atom stereocenters. The summed E-state index contributed by atoms with van der Waals surface area (Å²) in [5.74, 6) is 1.52. The van der Waals surface area contributed by atoms with Crippen molar-refractivity contribution in [3.05, 3.63) is 23.7 Å². The van der Waals surface area contributed by atoms with E-state index in [9.17, 15) is 0 Å². The average Bonchev–Trinajstić information content (AvgIpc) is 2.52. The fraction of sp³-hybridized carbons (Fsp3) is 0.647. The van der Waals surface area contributed by atoms with Gasteiger partial charge in [0.05, 0.1) is 17.6 Å². The van der Waals surface area contributed by atoms with Crippen LogP contribution in [0.1, 0.15) is 57.8 Å². The number of aryl methyl sites for hydroxylation is 1. The molecule has 0 aliphatic carbocycles. The van der Waals surface area contributed by atoms with Crippen LogP contribution in [0, 0.1) is 5.92 Å². The Bertz CT molecular complexity index is 423. The second-order valence-electron chi connectivity index (χ2n) is 5.48. The maximum atomic E-state index is 5.56. The minimum absolute atomic E-state index is 0.497. The zero-order chi connectivity index (χ0) is 15.5. The number of anilines is 1. The van der Waals surface area contributed by atoms with Crippen molar-refractivity contribution >= 4 is 11.9 Å². The summed E-state index contributed by atoms with van der Waals surface area (Å²) in [4.78, 5) is 8.46. The molecule has 0 saturated carbocycles. The molecule has 0 radical (unpaired) electrons. The lowest BCUT2D eigenvalue weighted by atomic mass is 9.96. The van der Waals surface area contributed by atoms with Gasteiger partial charge in [-0.05, 0) is 51.3 Å². The fourth-order valence-electron chi connectivity index (χ4n) is 2.46. The summed E-state index contributed by atoms with van der Waals surface area (Å²) in [6, 6.07) is 0. The van der Waals surface area contributed by atoms with Gasteiger partial charge < -0.3 is 11.1 Å². The maximum absolute atomic E-state index is 5.56. The van der Waals surface area contributed by atoms with Crippen LogP contribution in [0.25, 0.3) is 6.08 Å². The van der Waals surface area contributed by atoms with E-state index in [1.807, 2.05) is 19.1 Å². The van der Waals surface area contributed by atoms with Crippen molar-refractivity contribution in [3.8, 4) is 0 Å². The Hall–Kier alpha value is -1.42. The topological polar surface area (TPSA) is 63.8 Å². The number of aromatic nitrogens is 2. The van der Waals surface area contributed by atoms with E-state index in [0.717, 1.165) is 30.1 Å². The number of nitrogens with one attached hydrogen (secondary N) is 1. The monoisotopic (exact) mass is 290 g/mol. The first-order valence-electron chi connectivity index (χ1n) is 8.16. The summed E-state index contributed by atoms with van der Waals surface area (Å²) < 4.78 is 0. The summed E-state index contributed by atoms with van der Waals surface area (Å²) in [6.45, 7) is 8.87. The van der Waals surface area contributed by atoms with Crippen LogP contribution >= 0.6 is 0 Å². The molecule has 0 atom stereocenters. The summed E-state index contributed by atoms with van der Waals surface area (Å²) in [5.41, 5.74) is 7.47. The van der Waals surface area contributed by atoms with E-state index in [0.29, 0.717) is 5.82 Å². The minimum Gasteiger partial charge on any atom is -0.382 e. The van der Waals surface area contributed by atoms with Crippen LogP contribution < -0.4 is 11.1 Å². The molecule has 1 saturated heterocycles. The van der Waals surface area contributed by atoms with Gasteiger partial charge >= 0.3 is 0 Å². The van der Waals surface area contributed by atoms with Gasteiger partial charge in [-0.2, -0.15) is 0 Å². The van der Waals surface area contributed by atoms with E-state index in [4.69, 9.17) is 5.73 Å². The molecule has 1 fully saturated rings. The second-order valence-corrected chi connectivity index (χ2v) is 5.48. The third kappa shape index (κ3) is 6.71. The number of nitrogen functional groups attached to an aromatic ring is 1. The van der Waals surface area contributed by atoms with Gasteiger partial charge in [0.2, 0.25) is 0 Å². The van der Waals surface area contributed by atoms with E-state index in [1.165, 1.54) is 32.4 Å². The molecule has 118 valence electrons. The summed E-state index contributed by atoms with van der Waals surface area (Å²) in [6.07, 6.45) is 11.7. The average molecular weight is 290 g/mol. The van der Waals surface area contributed by atoms with Crippen molar-refractivity contribution in [2.45, 2.75) is 52.9 Å². The third-order valence-corrected chi connectivity index (χ3v) is 3.74. The van der Waals surface area contributed by atoms with Crippen LogP contribution in [0.2, 0.25) is 0 Å². The van der Waals surface area contributed by atoms with Gasteiger partial charge in [-0.15, -0.1) is 0 Å². The first kappa shape index (κ1) is 17.6. The van der Waals surface area contributed by atoms with Crippen molar-refractivity contribution in [2.24, 2.45) is 5.92 Å². The van der Waals surface area contributed by atoms with Gasteiger partial charge in [-0.25, -0.2) is 4.98 Å². The Kier molecular flexibility index (Phi) is 8.67. The summed E-state index contributed by atoms with van der Waals surface area (Å²) >= 11 is 0. The quantitative estimate of drug-likeness (QED) is 0.891. The number of nitrogens with two attached hydrogens (primary N) is 1. The van der Waals surface area contributed by atoms with Crippen LogP contribution in [0.4, 0.5) is 5.82 Å². The lowest BCUT2D eigenvalue weighted by Crippen LogP contribution is -2.27. The largest absolute Gasteiger partial charge is 0.382 e. The highest BCUT2D eigenvalue weighted by Crippen LogP contribution is 2.14. The smallest absolute Gasteiger partial charge is 0.142 e. The fourth-order valence-corrected chi connectivity index (χ4v) is 2.46. The SMILES string of the molecule is C/C=C\c1ncc(N)nc1CCC.CCC1CCNCC1. The van der Waals surface area contributed by atoms with Crippen molar-refractivity contribution in [1.82, 2.24) is 15.3 Å². The molecular formula is C17H30N4. The Morgan fingerprint density at radius 3 is 2.57 bits per heavy atom.